The second-order valence-electron chi connectivity index (χ2n) is 3.04. The summed E-state index contributed by atoms with van der Waals surface area (Å²) < 4.78 is 13.2. The van der Waals surface area contributed by atoms with Gasteiger partial charge in [-0.25, -0.2) is 4.39 Å². The molecule has 1 unspecified atom stereocenters. The largest absolute Gasteiger partial charge is 0.357 e. The van der Waals surface area contributed by atoms with Crippen molar-refractivity contribution in [2.24, 2.45) is 5.73 Å². The first-order valence-electron chi connectivity index (χ1n) is 4.39. The third-order valence-electron chi connectivity index (χ3n) is 2.15. The van der Waals surface area contributed by atoms with Gasteiger partial charge in [0.05, 0.1) is 11.9 Å². The Bertz CT molecular complexity index is 275. The SMILES string of the molecule is CCC(N)N(C)c1ccccc1F. The second-order valence-corrected chi connectivity index (χ2v) is 3.04. The molecule has 0 bridgehead atoms. The Morgan fingerprint density at radius 1 is 1.46 bits per heavy atom. The van der Waals surface area contributed by atoms with Crippen molar-refractivity contribution in [2.75, 3.05) is 11.9 Å². The standard InChI is InChI=1S/C10H15FN2/c1-3-10(12)13(2)9-7-5-4-6-8(9)11/h4-7,10H,3,12H2,1-2H3. The molecule has 1 rings (SSSR count). The lowest BCUT2D eigenvalue weighted by Crippen LogP contribution is -2.39. The van der Waals surface area contributed by atoms with Gasteiger partial charge >= 0.3 is 0 Å². The molecule has 0 radical (unpaired) electrons. The summed E-state index contributed by atoms with van der Waals surface area (Å²) in [5.74, 6) is -0.228. The first kappa shape index (κ1) is 9.99. The van der Waals surface area contributed by atoms with Crippen molar-refractivity contribution in [3.63, 3.8) is 0 Å². The van der Waals surface area contributed by atoms with E-state index in [2.05, 4.69) is 0 Å². The number of rotatable bonds is 3. The summed E-state index contributed by atoms with van der Waals surface area (Å²) in [5, 5.41) is 0. The number of benzene rings is 1. The van der Waals surface area contributed by atoms with Gasteiger partial charge in [0.2, 0.25) is 0 Å². The lowest BCUT2D eigenvalue weighted by molar-refractivity contribution is 0.589. The Morgan fingerprint density at radius 2 is 2.08 bits per heavy atom. The Labute approximate surface area is 78.2 Å². The predicted octanol–water partition coefficient (Wildman–Crippen LogP) is 1.96. The van der Waals surface area contributed by atoms with E-state index in [0.29, 0.717) is 5.69 Å². The van der Waals surface area contributed by atoms with Gasteiger partial charge in [0, 0.05) is 7.05 Å². The van der Waals surface area contributed by atoms with E-state index < -0.39 is 0 Å². The fraction of sp³-hybridized carbons (Fsp3) is 0.400. The maximum Gasteiger partial charge on any atom is 0.146 e. The van der Waals surface area contributed by atoms with Crippen LogP contribution in [0.4, 0.5) is 10.1 Å². The van der Waals surface area contributed by atoms with Crippen LogP contribution in [-0.4, -0.2) is 13.2 Å². The highest BCUT2D eigenvalue weighted by molar-refractivity contribution is 5.47. The van der Waals surface area contributed by atoms with E-state index in [1.807, 2.05) is 6.92 Å². The maximum absolute atomic E-state index is 13.2. The van der Waals surface area contributed by atoms with E-state index in [-0.39, 0.29) is 12.0 Å². The average molecular weight is 182 g/mol. The van der Waals surface area contributed by atoms with E-state index in [9.17, 15) is 4.39 Å². The maximum atomic E-state index is 13.2. The van der Waals surface area contributed by atoms with Crippen LogP contribution in [0.3, 0.4) is 0 Å². The third-order valence-corrected chi connectivity index (χ3v) is 2.15. The number of para-hydroxylation sites is 1. The minimum absolute atomic E-state index is 0.128. The number of hydrogen-bond acceptors (Lipinski definition) is 2. The lowest BCUT2D eigenvalue weighted by Gasteiger charge is -2.25. The van der Waals surface area contributed by atoms with Crippen LogP contribution in [-0.2, 0) is 0 Å². The van der Waals surface area contributed by atoms with Crippen molar-refractivity contribution in [3.05, 3.63) is 30.1 Å². The zero-order valence-electron chi connectivity index (χ0n) is 8.00. The quantitative estimate of drug-likeness (QED) is 0.724. The molecule has 0 heterocycles. The van der Waals surface area contributed by atoms with Crippen LogP contribution >= 0.6 is 0 Å². The molecule has 0 amide bonds. The van der Waals surface area contributed by atoms with Gasteiger partial charge < -0.3 is 10.6 Å². The molecular formula is C10H15FN2. The molecule has 2 N–H and O–H groups in total. The highest BCUT2D eigenvalue weighted by Crippen LogP contribution is 2.18. The van der Waals surface area contributed by atoms with Crippen molar-refractivity contribution in [2.45, 2.75) is 19.5 Å². The first-order valence-corrected chi connectivity index (χ1v) is 4.39. The summed E-state index contributed by atoms with van der Waals surface area (Å²) in [6.45, 7) is 1.97. The molecule has 0 spiro atoms. The second kappa shape index (κ2) is 4.23. The molecule has 0 aliphatic carbocycles. The Hall–Kier alpha value is -1.09. The fourth-order valence-corrected chi connectivity index (χ4v) is 1.19. The van der Waals surface area contributed by atoms with Gasteiger partial charge in [0.1, 0.15) is 5.82 Å². The van der Waals surface area contributed by atoms with Crippen LogP contribution in [0.2, 0.25) is 0 Å². The number of hydrogen-bond donors (Lipinski definition) is 1. The van der Waals surface area contributed by atoms with E-state index >= 15 is 0 Å². The van der Waals surface area contributed by atoms with Gasteiger partial charge in [-0.3, -0.25) is 0 Å². The van der Waals surface area contributed by atoms with Crippen molar-refractivity contribution in [3.8, 4) is 0 Å². The molecular weight excluding hydrogens is 167 g/mol. The van der Waals surface area contributed by atoms with Crippen molar-refractivity contribution < 1.29 is 4.39 Å². The third kappa shape index (κ3) is 2.18. The predicted molar refractivity (Wildman–Crippen MR) is 53.1 cm³/mol. The molecule has 2 nitrogen and oxygen atoms in total. The molecule has 1 aromatic rings. The van der Waals surface area contributed by atoms with E-state index in [1.54, 1.807) is 30.1 Å². The average Bonchev–Trinajstić information content (AvgIpc) is 2.16. The van der Waals surface area contributed by atoms with Crippen LogP contribution in [0.1, 0.15) is 13.3 Å². The molecule has 0 aliphatic heterocycles. The fourth-order valence-electron chi connectivity index (χ4n) is 1.19. The Balaban J connectivity index is 2.88. The summed E-state index contributed by atoms with van der Waals surface area (Å²) in [6, 6.07) is 6.64. The van der Waals surface area contributed by atoms with Crippen molar-refractivity contribution in [1.82, 2.24) is 0 Å². The summed E-state index contributed by atoms with van der Waals surface area (Å²) in [7, 11) is 1.80. The molecule has 0 aromatic heterocycles. The van der Waals surface area contributed by atoms with E-state index in [0.717, 1.165) is 6.42 Å². The minimum Gasteiger partial charge on any atom is -0.357 e. The number of halogens is 1. The van der Waals surface area contributed by atoms with Crippen LogP contribution in [0.15, 0.2) is 24.3 Å². The topological polar surface area (TPSA) is 29.3 Å². The highest BCUT2D eigenvalue weighted by atomic mass is 19.1. The molecule has 1 aromatic carbocycles. The molecule has 3 heteroatoms. The van der Waals surface area contributed by atoms with Gasteiger partial charge in [0.25, 0.3) is 0 Å². The minimum atomic E-state index is -0.228. The summed E-state index contributed by atoms with van der Waals surface area (Å²) >= 11 is 0. The molecule has 1 atom stereocenters. The van der Waals surface area contributed by atoms with Gasteiger partial charge in [0.15, 0.2) is 0 Å². The van der Waals surface area contributed by atoms with Gasteiger partial charge in [-0.15, -0.1) is 0 Å². The van der Waals surface area contributed by atoms with E-state index in [1.165, 1.54) is 6.07 Å². The smallest absolute Gasteiger partial charge is 0.146 e. The monoisotopic (exact) mass is 182 g/mol. The number of nitrogens with zero attached hydrogens (tertiary/aromatic N) is 1. The zero-order valence-corrected chi connectivity index (χ0v) is 8.00. The summed E-state index contributed by atoms with van der Waals surface area (Å²) in [5.41, 5.74) is 6.33. The van der Waals surface area contributed by atoms with Crippen LogP contribution in [0, 0.1) is 5.82 Å². The number of nitrogens with two attached hydrogens (primary N) is 1. The van der Waals surface area contributed by atoms with Crippen LogP contribution in [0.5, 0.6) is 0 Å². The lowest BCUT2D eigenvalue weighted by atomic mass is 10.2. The molecule has 0 saturated heterocycles. The van der Waals surface area contributed by atoms with Gasteiger partial charge in [-0.05, 0) is 18.6 Å². The first-order chi connectivity index (χ1) is 6.16. The highest BCUT2D eigenvalue weighted by Gasteiger charge is 2.11. The molecule has 0 fully saturated rings. The molecule has 0 aliphatic rings. The molecule has 72 valence electrons. The normalized spacial score (nSPS) is 12.6. The van der Waals surface area contributed by atoms with Gasteiger partial charge in [-0.2, -0.15) is 0 Å². The van der Waals surface area contributed by atoms with Crippen LogP contribution in [0.25, 0.3) is 0 Å². The Morgan fingerprint density at radius 3 is 2.62 bits per heavy atom. The Kier molecular flexibility index (Phi) is 3.25. The van der Waals surface area contributed by atoms with Crippen molar-refractivity contribution in [1.29, 1.82) is 0 Å². The number of anilines is 1. The van der Waals surface area contributed by atoms with E-state index in [4.69, 9.17) is 5.73 Å². The summed E-state index contributed by atoms with van der Waals surface area (Å²) in [4.78, 5) is 1.75. The zero-order chi connectivity index (χ0) is 9.84. The summed E-state index contributed by atoms with van der Waals surface area (Å²) in [6.07, 6.45) is 0.669. The molecule has 0 saturated carbocycles. The van der Waals surface area contributed by atoms with Crippen LogP contribution < -0.4 is 10.6 Å². The van der Waals surface area contributed by atoms with Crippen molar-refractivity contribution >= 4 is 5.69 Å². The molecule has 13 heavy (non-hydrogen) atoms. The van der Waals surface area contributed by atoms with Gasteiger partial charge in [-0.1, -0.05) is 19.1 Å².